The lowest BCUT2D eigenvalue weighted by Gasteiger charge is -2.30. The van der Waals surface area contributed by atoms with Crippen molar-refractivity contribution < 1.29 is 21.6 Å². The van der Waals surface area contributed by atoms with Gasteiger partial charge in [-0.3, -0.25) is 0 Å². The third-order valence-corrected chi connectivity index (χ3v) is 9.61. The van der Waals surface area contributed by atoms with Crippen molar-refractivity contribution >= 4 is 19.9 Å². The molecule has 150 valence electrons. The quantitative estimate of drug-likeness (QED) is 0.737. The van der Waals surface area contributed by atoms with Crippen molar-refractivity contribution in [3.63, 3.8) is 0 Å². The van der Waals surface area contributed by atoms with Crippen LogP contribution in [0.25, 0.3) is 0 Å². The van der Waals surface area contributed by atoms with Gasteiger partial charge in [-0.05, 0) is 68.2 Å². The summed E-state index contributed by atoms with van der Waals surface area (Å²) in [6, 6.07) is 4.92. The molecule has 8 heteroatoms. The summed E-state index contributed by atoms with van der Waals surface area (Å²) in [5.74, 6) is -0.0384. The van der Waals surface area contributed by atoms with Gasteiger partial charge in [-0.15, -0.1) is 0 Å². The molecule has 1 aliphatic carbocycles. The van der Waals surface area contributed by atoms with Gasteiger partial charge in [-0.1, -0.05) is 6.07 Å². The minimum Gasteiger partial charge on any atom is -0.377 e. The summed E-state index contributed by atoms with van der Waals surface area (Å²) in [5, 5.41) is 0. The molecule has 2 fully saturated rings. The molecule has 1 aromatic carbocycles. The van der Waals surface area contributed by atoms with E-state index in [1.165, 1.54) is 9.87 Å². The van der Waals surface area contributed by atoms with Crippen LogP contribution in [-0.4, -0.2) is 57.9 Å². The first-order chi connectivity index (χ1) is 12.9. The normalized spacial score (nSPS) is 27.7. The van der Waals surface area contributed by atoms with Crippen molar-refractivity contribution in [2.24, 2.45) is 0 Å². The molecular weight excluding hydrogens is 386 g/mol. The van der Waals surface area contributed by atoms with E-state index >= 15 is 0 Å². The van der Waals surface area contributed by atoms with Gasteiger partial charge in [-0.2, -0.15) is 4.31 Å². The molecule has 0 aromatic heterocycles. The first-order valence-electron chi connectivity index (χ1n) is 9.81. The zero-order chi connectivity index (χ0) is 19.1. The largest absolute Gasteiger partial charge is 0.377 e. The second-order valence-electron chi connectivity index (χ2n) is 7.90. The summed E-state index contributed by atoms with van der Waals surface area (Å²) in [6.45, 7) is 0.875. The summed E-state index contributed by atoms with van der Waals surface area (Å²) in [4.78, 5) is 0.283. The Hall–Kier alpha value is -0.960. The van der Waals surface area contributed by atoms with Gasteiger partial charge in [0.05, 0.1) is 22.5 Å². The third kappa shape index (κ3) is 4.09. The number of nitrogens with zero attached hydrogens (tertiary/aromatic N) is 1. The topological polar surface area (TPSA) is 80.8 Å². The Balaban J connectivity index is 1.66. The SMILES string of the molecule is O=S1(=O)CC[C@@H](N(C[C@H]2CCCO2)S(=O)(=O)c2ccc3c(c2)CCCC3)C1. The Kier molecular flexibility index (Phi) is 5.35. The molecular formula is C19H27NO5S2. The van der Waals surface area contributed by atoms with E-state index in [9.17, 15) is 16.8 Å². The number of sulfone groups is 1. The summed E-state index contributed by atoms with van der Waals surface area (Å²) in [6.07, 6.45) is 6.06. The summed E-state index contributed by atoms with van der Waals surface area (Å²) < 4.78 is 58.0. The summed E-state index contributed by atoms with van der Waals surface area (Å²) >= 11 is 0. The van der Waals surface area contributed by atoms with E-state index < -0.39 is 25.9 Å². The molecule has 0 unspecified atom stereocenters. The number of sulfonamides is 1. The average Bonchev–Trinajstić information content (AvgIpc) is 3.28. The molecule has 0 spiro atoms. The van der Waals surface area contributed by atoms with E-state index in [-0.39, 0.29) is 29.0 Å². The van der Waals surface area contributed by atoms with E-state index in [4.69, 9.17) is 4.74 Å². The lowest BCUT2D eigenvalue weighted by Crippen LogP contribution is -2.45. The Morgan fingerprint density at radius 3 is 2.52 bits per heavy atom. The zero-order valence-corrected chi connectivity index (χ0v) is 17.1. The molecule has 6 nitrogen and oxygen atoms in total. The number of benzene rings is 1. The van der Waals surface area contributed by atoms with Crippen molar-refractivity contribution in [2.45, 2.75) is 62.0 Å². The second kappa shape index (κ2) is 7.46. The van der Waals surface area contributed by atoms with E-state index in [2.05, 4.69) is 0 Å². The number of aryl methyl sites for hydroxylation is 2. The maximum absolute atomic E-state index is 13.5. The molecule has 2 aliphatic heterocycles. The van der Waals surface area contributed by atoms with Crippen LogP contribution in [-0.2, 0) is 37.4 Å². The summed E-state index contributed by atoms with van der Waals surface area (Å²) in [5.41, 5.74) is 2.34. The number of hydrogen-bond donors (Lipinski definition) is 0. The molecule has 0 radical (unpaired) electrons. The van der Waals surface area contributed by atoms with Crippen LogP contribution in [0.3, 0.4) is 0 Å². The fourth-order valence-corrected chi connectivity index (χ4v) is 8.00. The van der Waals surface area contributed by atoms with E-state index in [1.807, 2.05) is 6.07 Å². The van der Waals surface area contributed by atoms with Gasteiger partial charge in [-0.25, -0.2) is 16.8 Å². The van der Waals surface area contributed by atoms with Gasteiger partial charge in [0, 0.05) is 19.2 Å². The highest BCUT2D eigenvalue weighted by molar-refractivity contribution is 7.92. The molecule has 4 rings (SSSR count). The fraction of sp³-hybridized carbons (Fsp3) is 0.684. The number of ether oxygens (including phenoxy) is 1. The average molecular weight is 414 g/mol. The highest BCUT2D eigenvalue weighted by Gasteiger charge is 2.40. The predicted molar refractivity (Wildman–Crippen MR) is 103 cm³/mol. The van der Waals surface area contributed by atoms with Crippen molar-refractivity contribution in [2.75, 3.05) is 24.7 Å². The third-order valence-electron chi connectivity index (χ3n) is 5.95. The lowest BCUT2D eigenvalue weighted by atomic mass is 9.92. The van der Waals surface area contributed by atoms with Crippen molar-refractivity contribution in [1.82, 2.24) is 4.31 Å². The fourth-order valence-electron chi connectivity index (χ4n) is 4.44. The molecule has 0 bridgehead atoms. The van der Waals surface area contributed by atoms with E-state index in [1.54, 1.807) is 12.1 Å². The Bertz CT molecular complexity index is 904. The number of fused-ring (bicyclic) bond motifs is 1. The minimum atomic E-state index is -3.77. The van der Waals surface area contributed by atoms with Gasteiger partial charge in [0.2, 0.25) is 10.0 Å². The second-order valence-corrected chi connectivity index (χ2v) is 12.0. The molecule has 0 N–H and O–H groups in total. The molecule has 2 saturated heterocycles. The highest BCUT2D eigenvalue weighted by atomic mass is 32.2. The van der Waals surface area contributed by atoms with Crippen LogP contribution < -0.4 is 0 Å². The van der Waals surface area contributed by atoms with Crippen LogP contribution >= 0.6 is 0 Å². The van der Waals surface area contributed by atoms with Crippen molar-refractivity contribution in [1.29, 1.82) is 0 Å². The Morgan fingerprint density at radius 2 is 1.85 bits per heavy atom. The van der Waals surface area contributed by atoms with Gasteiger partial charge in [0.1, 0.15) is 0 Å². The lowest BCUT2D eigenvalue weighted by molar-refractivity contribution is 0.0877. The standard InChI is InChI=1S/C19H27NO5S2/c21-26(22)11-9-17(14-26)20(13-18-6-3-10-25-18)27(23,24)19-8-7-15-4-1-2-5-16(15)12-19/h7-8,12,17-18H,1-6,9-11,13-14H2/t17-,18-/m1/s1. The zero-order valence-electron chi connectivity index (χ0n) is 15.5. The summed E-state index contributed by atoms with van der Waals surface area (Å²) in [7, 11) is -6.94. The Morgan fingerprint density at radius 1 is 1.07 bits per heavy atom. The van der Waals surface area contributed by atoms with Crippen LogP contribution in [0.1, 0.15) is 43.2 Å². The minimum absolute atomic E-state index is 0.0550. The maximum atomic E-state index is 13.5. The van der Waals surface area contributed by atoms with Gasteiger partial charge in [0.15, 0.2) is 9.84 Å². The molecule has 27 heavy (non-hydrogen) atoms. The molecule has 3 aliphatic rings. The van der Waals surface area contributed by atoms with Crippen LogP contribution in [0.5, 0.6) is 0 Å². The van der Waals surface area contributed by atoms with Gasteiger partial charge >= 0.3 is 0 Å². The maximum Gasteiger partial charge on any atom is 0.243 e. The molecule has 1 aromatic rings. The predicted octanol–water partition coefficient (Wildman–Crippen LogP) is 1.92. The molecule has 0 saturated carbocycles. The van der Waals surface area contributed by atoms with Crippen molar-refractivity contribution in [3.8, 4) is 0 Å². The first kappa shape index (κ1) is 19.4. The van der Waals surface area contributed by atoms with Gasteiger partial charge in [0.25, 0.3) is 0 Å². The molecule has 2 heterocycles. The molecule has 0 amide bonds. The highest BCUT2D eigenvalue weighted by Crippen LogP contribution is 2.30. The number of hydrogen-bond acceptors (Lipinski definition) is 5. The van der Waals surface area contributed by atoms with Crippen LogP contribution in [0.15, 0.2) is 23.1 Å². The van der Waals surface area contributed by atoms with E-state index in [0.717, 1.165) is 44.1 Å². The van der Waals surface area contributed by atoms with Crippen LogP contribution in [0.2, 0.25) is 0 Å². The first-order valence-corrected chi connectivity index (χ1v) is 13.1. The van der Waals surface area contributed by atoms with Crippen LogP contribution in [0, 0.1) is 0 Å². The monoisotopic (exact) mass is 413 g/mol. The molecule has 2 atom stereocenters. The smallest absolute Gasteiger partial charge is 0.243 e. The van der Waals surface area contributed by atoms with Gasteiger partial charge < -0.3 is 4.74 Å². The Labute approximate surface area is 161 Å². The van der Waals surface area contributed by atoms with Crippen LogP contribution in [0.4, 0.5) is 0 Å². The van der Waals surface area contributed by atoms with E-state index in [0.29, 0.717) is 13.0 Å². The van der Waals surface area contributed by atoms with Crippen molar-refractivity contribution in [3.05, 3.63) is 29.3 Å². The number of rotatable bonds is 5.